The van der Waals surface area contributed by atoms with Crippen molar-refractivity contribution in [2.24, 2.45) is 11.8 Å². The first-order valence-electron chi connectivity index (χ1n) is 10.9. The zero-order valence-electron chi connectivity index (χ0n) is 20.2. The number of rotatable bonds is 17. The summed E-state index contributed by atoms with van der Waals surface area (Å²) in [5, 5.41) is 42.9. The van der Waals surface area contributed by atoms with E-state index in [9.17, 15) is 39.6 Å². The van der Waals surface area contributed by atoms with E-state index in [-0.39, 0.29) is 25.9 Å². The molecule has 0 aliphatic heterocycles. The van der Waals surface area contributed by atoms with Crippen LogP contribution in [0.3, 0.4) is 0 Å². The van der Waals surface area contributed by atoms with E-state index in [0.717, 1.165) is 0 Å². The number of hydrogen-bond acceptors (Lipinski definition) is 8. The predicted octanol–water partition coefficient (Wildman–Crippen LogP) is -2.67. The number of aliphatic hydroxyl groups is 2. The quantitative estimate of drug-likeness (QED) is 0.135. The lowest BCUT2D eigenvalue weighted by Crippen LogP contribution is -2.51. The van der Waals surface area contributed by atoms with Crippen LogP contribution in [0.4, 0.5) is 0 Å². The van der Waals surface area contributed by atoms with Crippen molar-refractivity contribution >= 4 is 23.5 Å². The Labute approximate surface area is 190 Å². The minimum atomic E-state index is -1.60. The lowest BCUT2D eigenvalue weighted by atomic mass is 9.91. The summed E-state index contributed by atoms with van der Waals surface area (Å²) in [6, 6.07) is 0. The second-order valence-electron chi connectivity index (χ2n) is 10.5. The van der Waals surface area contributed by atoms with Crippen LogP contribution >= 0.6 is 0 Å². The van der Waals surface area contributed by atoms with E-state index in [0.29, 0.717) is 34.6 Å². The van der Waals surface area contributed by atoms with Crippen LogP contribution in [0.1, 0.15) is 38.5 Å². The highest BCUT2D eigenvalue weighted by Gasteiger charge is 2.32. The highest BCUT2D eigenvalue weighted by Crippen LogP contribution is 2.16. The first-order chi connectivity index (χ1) is 14.5. The third-order valence-corrected chi connectivity index (χ3v) is 5.04. The van der Waals surface area contributed by atoms with E-state index >= 15 is 0 Å². The van der Waals surface area contributed by atoms with E-state index in [1.54, 1.807) is 42.3 Å². The Morgan fingerprint density at radius 1 is 0.625 bits per heavy atom. The Hall–Kier alpha value is -1.88. The van der Waals surface area contributed by atoms with E-state index in [4.69, 9.17) is 0 Å². The third-order valence-electron chi connectivity index (χ3n) is 5.04. The average molecular weight is 461 g/mol. The van der Waals surface area contributed by atoms with Crippen LogP contribution in [0, 0.1) is 11.8 Å². The van der Waals surface area contributed by atoms with Gasteiger partial charge in [0, 0.05) is 12.8 Å². The van der Waals surface area contributed by atoms with Gasteiger partial charge in [0.25, 0.3) is 0 Å². The van der Waals surface area contributed by atoms with Crippen LogP contribution in [0.2, 0.25) is 0 Å². The Balaban J connectivity index is 4.52. The zero-order valence-corrected chi connectivity index (χ0v) is 20.2. The number of hydrogen-bond donors (Lipinski definition) is 2. The maximum atomic E-state index is 12.3. The standard InChI is InChI=1S/C22H40N2O8/c1-23(2,3)13-17(27)19(21(29)30)15(25)11-9-7-8-10-12-16(26)20(22(31)32)18(28)14-24(4,5)6/h17-20,27-28H,7-14H2,1-6H3. The summed E-state index contributed by atoms with van der Waals surface area (Å²) >= 11 is 0. The molecule has 186 valence electrons. The summed E-state index contributed by atoms with van der Waals surface area (Å²) in [7, 11) is 10.6. The number of aliphatic carboxylic acids is 2. The molecule has 0 heterocycles. The number of nitrogens with zero attached hydrogens (tertiary/aromatic N) is 2. The average Bonchev–Trinajstić information content (AvgIpc) is 2.53. The number of quaternary nitrogens is 2. The second kappa shape index (κ2) is 13.0. The molecular formula is C22H40N2O8. The smallest absolute Gasteiger partial charge is 0.144 e. The number of carbonyl (C=O) groups is 4. The van der Waals surface area contributed by atoms with Crippen LogP contribution in [0.5, 0.6) is 0 Å². The number of carboxylic acid groups (broad SMARTS) is 2. The fraction of sp³-hybridized carbons (Fsp3) is 0.818. The van der Waals surface area contributed by atoms with Gasteiger partial charge in [0.1, 0.15) is 36.9 Å². The van der Waals surface area contributed by atoms with Gasteiger partial charge >= 0.3 is 0 Å². The number of ketones is 2. The van der Waals surface area contributed by atoms with Crippen molar-refractivity contribution < 1.29 is 48.6 Å². The van der Waals surface area contributed by atoms with Crippen molar-refractivity contribution in [2.75, 3.05) is 55.4 Å². The minimum Gasteiger partial charge on any atom is -0.549 e. The van der Waals surface area contributed by atoms with Crippen molar-refractivity contribution in [3.8, 4) is 0 Å². The maximum absolute atomic E-state index is 12.3. The summed E-state index contributed by atoms with van der Waals surface area (Å²) < 4.78 is 0.588. The van der Waals surface area contributed by atoms with Gasteiger partial charge in [-0.15, -0.1) is 0 Å². The number of likely N-dealkylation sites (N-methyl/N-ethyl adjacent to an activating group) is 2. The molecule has 0 aliphatic carbocycles. The largest absolute Gasteiger partial charge is 0.549 e. The first kappa shape index (κ1) is 30.1. The van der Waals surface area contributed by atoms with Gasteiger partial charge < -0.3 is 39.0 Å². The van der Waals surface area contributed by atoms with Crippen molar-refractivity contribution in [1.29, 1.82) is 0 Å². The molecule has 10 nitrogen and oxygen atoms in total. The Bertz CT molecular complexity index is 595. The van der Waals surface area contributed by atoms with Crippen LogP contribution in [-0.2, 0) is 19.2 Å². The van der Waals surface area contributed by atoms with E-state index in [1.165, 1.54) is 0 Å². The molecule has 0 spiro atoms. The number of unbranched alkanes of at least 4 members (excludes halogenated alkanes) is 3. The van der Waals surface area contributed by atoms with Crippen molar-refractivity contribution in [3.63, 3.8) is 0 Å². The molecule has 0 aromatic heterocycles. The topological polar surface area (TPSA) is 155 Å². The number of Topliss-reactive ketones (excluding diaryl/α,β-unsaturated/α-hetero) is 2. The molecule has 0 aromatic carbocycles. The summed E-state index contributed by atoms with van der Waals surface area (Å²) in [4.78, 5) is 47.2. The van der Waals surface area contributed by atoms with Crippen molar-refractivity contribution in [2.45, 2.75) is 50.7 Å². The maximum Gasteiger partial charge on any atom is 0.144 e. The van der Waals surface area contributed by atoms with Gasteiger partial charge in [0.15, 0.2) is 0 Å². The minimum absolute atomic E-state index is 0.0370. The summed E-state index contributed by atoms with van der Waals surface area (Å²) in [6.07, 6.45) is -0.947. The van der Waals surface area contributed by atoms with Gasteiger partial charge in [-0.3, -0.25) is 9.59 Å². The van der Waals surface area contributed by atoms with Gasteiger partial charge in [0.05, 0.1) is 66.1 Å². The monoisotopic (exact) mass is 460 g/mol. The molecule has 0 aliphatic rings. The van der Waals surface area contributed by atoms with E-state index < -0.39 is 47.5 Å². The number of carbonyl (C=O) groups excluding carboxylic acids is 4. The summed E-state index contributed by atoms with van der Waals surface area (Å²) in [5.41, 5.74) is 0. The lowest BCUT2D eigenvalue weighted by Gasteiger charge is -2.30. The molecule has 4 unspecified atom stereocenters. The van der Waals surface area contributed by atoms with Crippen LogP contribution in [-0.4, -0.2) is 110 Å². The van der Waals surface area contributed by atoms with Gasteiger partial charge in [0.2, 0.25) is 0 Å². The van der Waals surface area contributed by atoms with Gasteiger partial charge in [-0.2, -0.15) is 0 Å². The van der Waals surface area contributed by atoms with Crippen LogP contribution in [0.15, 0.2) is 0 Å². The van der Waals surface area contributed by atoms with E-state index in [1.807, 2.05) is 0 Å². The molecule has 0 rings (SSSR count). The Morgan fingerprint density at radius 2 is 0.906 bits per heavy atom. The molecular weight excluding hydrogens is 420 g/mol. The summed E-state index contributed by atoms with van der Waals surface area (Å²) in [5.74, 6) is -7.55. The molecule has 0 bridgehead atoms. The fourth-order valence-corrected chi connectivity index (χ4v) is 3.60. The fourth-order valence-electron chi connectivity index (χ4n) is 3.60. The molecule has 4 atom stereocenters. The highest BCUT2D eigenvalue weighted by molar-refractivity contribution is 5.98. The number of carboxylic acids is 2. The van der Waals surface area contributed by atoms with Gasteiger partial charge in [-0.1, -0.05) is 12.8 Å². The SMILES string of the molecule is C[N+](C)(C)CC(O)C(C(=O)[O-])C(=O)CCCCCCC(=O)C(C(=O)[O-])C(O)C[N+](C)(C)C. The van der Waals surface area contributed by atoms with Gasteiger partial charge in [-0.05, 0) is 12.8 Å². The number of aliphatic hydroxyl groups excluding tert-OH is 2. The molecule has 2 N–H and O–H groups in total. The lowest BCUT2D eigenvalue weighted by molar-refractivity contribution is -0.873. The molecule has 0 radical (unpaired) electrons. The van der Waals surface area contributed by atoms with Crippen molar-refractivity contribution in [3.05, 3.63) is 0 Å². The molecule has 0 aromatic rings. The molecule has 0 saturated carbocycles. The Morgan fingerprint density at radius 3 is 1.12 bits per heavy atom. The van der Waals surface area contributed by atoms with Crippen LogP contribution < -0.4 is 10.2 Å². The van der Waals surface area contributed by atoms with Crippen molar-refractivity contribution in [1.82, 2.24) is 0 Å². The van der Waals surface area contributed by atoms with Crippen LogP contribution in [0.25, 0.3) is 0 Å². The predicted molar refractivity (Wildman–Crippen MR) is 113 cm³/mol. The Kier molecular flexibility index (Phi) is 12.2. The highest BCUT2D eigenvalue weighted by atomic mass is 16.4. The van der Waals surface area contributed by atoms with E-state index in [2.05, 4.69) is 0 Å². The molecule has 0 fully saturated rings. The normalized spacial score (nSPS) is 16.1. The zero-order chi connectivity index (χ0) is 25.3. The molecule has 10 heteroatoms. The summed E-state index contributed by atoms with van der Waals surface area (Å²) in [6.45, 7) is 0.179. The third kappa shape index (κ3) is 12.2. The molecule has 0 amide bonds. The molecule has 0 saturated heterocycles. The van der Waals surface area contributed by atoms with Gasteiger partial charge in [-0.25, -0.2) is 0 Å². The molecule has 32 heavy (non-hydrogen) atoms. The second-order valence-corrected chi connectivity index (χ2v) is 10.5. The first-order valence-corrected chi connectivity index (χ1v) is 10.9.